The van der Waals surface area contributed by atoms with Crippen molar-refractivity contribution in [1.29, 1.82) is 0 Å². The van der Waals surface area contributed by atoms with Gasteiger partial charge in [0.25, 0.3) is 0 Å². The van der Waals surface area contributed by atoms with Crippen molar-refractivity contribution in [1.82, 2.24) is 5.06 Å². The van der Waals surface area contributed by atoms with E-state index in [2.05, 4.69) is 29.2 Å². The van der Waals surface area contributed by atoms with Crippen LogP contribution in [0.3, 0.4) is 0 Å². The van der Waals surface area contributed by atoms with Crippen LogP contribution in [0.25, 0.3) is 0 Å². The fourth-order valence-corrected chi connectivity index (χ4v) is 3.43. The van der Waals surface area contributed by atoms with Gasteiger partial charge in [0.15, 0.2) is 0 Å². The zero-order valence-corrected chi connectivity index (χ0v) is 15.2. The van der Waals surface area contributed by atoms with Crippen molar-refractivity contribution in [2.45, 2.75) is 32.9 Å². The fraction of sp³-hybridized carbons (Fsp3) is 0.350. The van der Waals surface area contributed by atoms with Crippen LogP contribution in [0.4, 0.5) is 10.5 Å². The first-order chi connectivity index (χ1) is 12.5. The van der Waals surface area contributed by atoms with Crippen LogP contribution in [-0.4, -0.2) is 30.0 Å². The number of nitrogens with two attached hydrogens (primary N) is 1. The summed E-state index contributed by atoms with van der Waals surface area (Å²) in [5.74, 6) is 0.862. The van der Waals surface area contributed by atoms with Gasteiger partial charge in [0.2, 0.25) is 0 Å². The topological polar surface area (TPSA) is 79.0 Å². The van der Waals surface area contributed by atoms with E-state index in [4.69, 9.17) is 10.5 Å². The lowest BCUT2D eigenvalue weighted by Gasteiger charge is -2.32. The van der Waals surface area contributed by atoms with E-state index >= 15 is 0 Å². The lowest BCUT2D eigenvalue weighted by atomic mass is 9.95. The number of carbonyl (C=O) groups is 1. The molecule has 1 aliphatic rings. The quantitative estimate of drug-likeness (QED) is 0.637. The molecule has 0 fully saturated rings. The minimum absolute atomic E-state index is 0.102. The van der Waals surface area contributed by atoms with Crippen LogP contribution >= 0.6 is 0 Å². The molecule has 26 heavy (non-hydrogen) atoms. The number of nitrogens with zero attached hydrogens (tertiary/aromatic N) is 2. The van der Waals surface area contributed by atoms with Crippen molar-refractivity contribution in [3.05, 3.63) is 58.7 Å². The zero-order valence-electron chi connectivity index (χ0n) is 15.2. The minimum Gasteiger partial charge on any atom is -0.497 e. The van der Waals surface area contributed by atoms with E-state index in [-0.39, 0.29) is 6.54 Å². The Morgan fingerprint density at radius 2 is 2.15 bits per heavy atom. The summed E-state index contributed by atoms with van der Waals surface area (Å²) in [4.78, 5) is 13.5. The smallest absolute Gasteiger partial charge is 0.338 e. The highest BCUT2D eigenvalue weighted by Gasteiger charge is 2.20. The Morgan fingerprint density at radius 1 is 1.35 bits per heavy atom. The first-order valence-electron chi connectivity index (χ1n) is 8.74. The maximum Gasteiger partial charge on any atom is 0.338 e. The fourth-order valence-electron chi connectivity index (χ4n) is 3.43. The summed E-state index contributed by atoms with van der Waals surface area (Å²) in [7, 11) is 1.68. The molecular formula is C20H25N3O3. The second-order valence-corrected chi connectivity index (χ2v) is 6.68. The second-order valence-electron chi connectivity index (χ2n) is 6.68. The average Bonchev–Trinajstić information content (AvgIpc) is 2.63. The number of hydrogen-bond donors (Lipinski definition) is 2. The number of rotatable bonds is 5. The molecular weight excluding hydrogens is 330 g/mol. The number of hydroxylamine groups is 2. The molecule has 0 aliphatic carbocycles. The molecule has 0 saturated heterocycles. The number of ether oxygens (including phenoxy) is 1. The predicted octanol–water partition coefficient (Wildman–Crippen LogP) is 3.23. The van der Waals surface area contributed by atoms with Crippen LogP contribution in [0.2, 0.25) is 0 Å². The molecule has 3 rings (SSSR count). The van der Waals surface area contributed by atoms with Crippen molar-refractivity contribution in [3.8, 4) is 5.75 Å². The van der Waals surface area contributed by atoms with Gasteiger partial charge in [0.05, 0.1) is 13.7 Å². The molecule has 0 spiro atoms. The third-order valence-corrected chi connectivity index (χ3v) is 4.83. The van der Waals surface area contributed by atoms with Crippen LogP contribution in [-0.2, 0) is 19.5 Å². The third kappa shape index (κ3) is 3.91. The molecule has 138 valence electrons. The highest BCUT2D eigenvalue weighted by Crippen LogP contribution is 2.32. The van der Waals surface area contributed by atoms with Crippen LogP contribution in [0, 0.1) is 6.92 Å². The number of aryl methyl sites for hydroxylation is 2. The average molecular weight is 355 g/mol. The van der Waals surface area contributed by atoms with Gasteiger partial charge in [-0.25, -0.2) is 9.86 Å². The molecule has 0 atom stereocenters. The first-order valence-corrected chi connectivity index (χ1v) is 8.74. The number of benzene rings is 2. The monoisotopic (exact) mass is 355 g/mol. The highest BCUT2D eigenvalue weighted by atomic mass is 16.5. The van der Waals surface area contributed by atoms with E-state index in [1.807, 2.05) is 19.1 Å². The van der Waals surface area contributed by atoms with Gasteiger partial charge in [-0.15, -0.1) is 0 Å². The van der Waals surface area contributed by atoms with E-state index in [9.17, 15) is 10.0 Å². The number of fused-ring (bicyclic) bond motifs is 1. The normalized spacial score (nSPS) is 13.3. The Balaban J connectivity index is 1.85. The minimum atomic E-state index is -0.846. The summed E-state index contributed by atoms with van der Waals surface area (Å²) in [5, 5.41) is 10.2. The predicted molar refractivity (Wildman–Crippen MR) is 100 cm³/mol. The lowest BCUT2D eigenvalue weighted by Crippen LogP contribution is -2.33. The molecule has 3 N–H and O–H groups in total. The van der Waals surface area contributed by atoms with Crippen LogP contribution in [0.1, 0.15) is 28.7 Å². The van der Waals surface area contributed by atoms with E-state index in [0.29, 0.717) is 5.06 Å². The molecule has 0 aromatic heterocycles. The van der Waals surface area contributed by atoms with Crippen molar-refractivity contribution in [3.63, 3.8) is 0 Å². The number of methoxy groups -OCH3 is 1. The summed E-state index contributed by atoms with van der Waals surface area (Å²) < 4.78 is 5.32. The molecule has 0 saturated carbocycles. The number of carbonyl (C=O) groups excluding carboxylic acids is 1. The Hall–Kier alpha value is -2.73. The molecule has 0 radical (unpaired) electrons. The van der Waals surface area contributed by atoms with Gasteiger partial charge in [0.1, 0.15) is 5.75 Å². The number of urea groups is 1. The lowest BCUT2D eigenvalue weighted by molar-refractivity contribution is -0.0471. The Morgan fingerprint density at radius 3 is 2.88 bits per heavy atom. The van der Waals surface area contributed by atoms with E-state index < -0.39 is 6.03 Å². The molecule has 2 aromatic rings. The largest absolute Gasteiger partial charge is 0.497 e. The van der Waals surface area contributed by atoms with Gasteiger partial charge in [0, 0.05) is 18.8 Å². The van der Waals surface area contributed by atoms with Crippen LogP contribution in [0.15, 0.2) is 36.4 Å². The van der Waals surface area contributed by atoms with E-state index in [1.165, 1.54) is 16.8 Å². The van der Waals surface area contributed by atoms with Crippen molar-refractivity contribution < 1.29 is 14.7 Å². The molecule has 1 aliphatic heterocycles. The van der Waals surface area contributed by atoms with Crippen molar-refractivity contribution in [2.24, 2.45) is 5.73 Å². The highest BCUT2D eigenvalue weighted by molar-refractivity contribution is 5.70. The van der Waals surface area contributed by atoms with Crippen LogP contribution in [0.5, 0.6) is 5.75 Å². The van der Waals surface area contributed by atoms with E-state index in [0.717, 1.165) is 42.8 Å². The van der Waals surface area contributed by atoms with Gasteiger partial charge < -0.3 is 15.4 Å². The first kappa shape index (κ1) is 18.1. The maximum absolute atomic E-state index is 11.1. The van der Waals surface area contributed by atoms with E-state index in [1.54, 1.807) is 7.11 Å². The summed E-state index contributed by atoms with van der Waals surface area (Å²) in [6.07, 6.45) is 2.05. The molecule has 1 heterocycles. The van der Waals surface area contributed by atoms with Gasteiger partial charge in [-0.05, 0) is 60.2 Å². The molecule has 0 unspecified atom stereocenters. The molecule has 0 bridgehead atoms. The summed E-state index contributed by atoms with van der Waals surface area (Å²) >= 11 is 0. The Kier molecular flexibility index (Phi) is 5.32. The summed E-state index contributed by atoms with van der Waals surface area (Å²) in [6.45, 7) is 3.90. The second kappa shape index (κ2) is 7.66. The molecule has 2 amide bonds. The zero-order chi connectivity index (χ0) is 18.7. The number of anilines is 1. The van der Waals surface area contributed by atoms with Gasteiger partial charge in [-0.1, -0.05) is 18.2 Å². The SMILES string of the molecule is COc1cccc(CN2CCCc3cc(CN(O)C(N)=O)c(C)cc32)c1. The van der Waals surface area contributed by atoms with Gasteiger partial charge >= 0.3 is 6.03 Å². The summed E-state index contributed by atoms with van der Waals surface area (Å²) in [6, 6.07) is 11.5. The van der Waals surface area contributed by atoms with Gasteiger partial charge in [-0.3, -0.25) is 5.21 Å². The van der Waals surface area contributed by atoms with Gasteiger partial charge in [-0.2, -0.15) is 0 Å². The van der Waals surface area contributed by atoms with Crippen LogP contribution < -0.4 is 15.4 Å². The number of hydrogen-bond acceptors (Lipinski definition) is 4. The van der Waals surface area contributed by atoms with Crippen molar-refractivity contribution >= 4 is 11.7 Å². The number of primary amides is 1. The standard InChI is InChI=1S/C20H25N3O3/c1-14-9-19-16(11-17(14)13-23(25)20(21)24)6-4-8-22(19)12-15-5-3-7-18(10-15)26-2/h3,5,7,9-11,25H,4,6,8,12-13H2,1-2H3,(H2,21,24). The Labute approximate surface area is 153 Å². The Bertz CT molecular complexity index is 807. The number of amides is 2. The maximum atomic E-state index is 11.1. The molecule has 6 heteroatoms. The summed E-state index contributed by atoms with van der Waals surface area (Å²) in [5.41, 5.74) is 10.7. The van der Waals surface area contributed by atoms with Crippen molar-refractivity contribution in [2.75, 3.05) is 18.6 Å². The molecule has 6 nitrogen and oxygen atoms in total. The third-order valence-electron chi connectivity index (χ3n) is 4.83. The molecule has 2 aromatic carbocycles.